The maximum atomic E-state index is 12.6. The monoisotopic (exact) mass is 267 g/mol. The third kappa shape index (κ3) is 1.84. The fraction of sp³-hybridized carbons (Fsp3) is 0.462. The molecule has 6 nitrogen and oxygen atoms in total. The molecule has 0 spiro atoms. The number of benzene rings is 1. The van der Waals surface area contributed by atoms with E-state index < -0.39 is 12.2 Å². The Morgan fingerprint density at radius 3 is 2.16 bits per heavy atom. The lowest BCUT2D eigenvalue weighted by atomic mass is 10.1. The molecule has 1 aromatic rings. The van der Waals surface area contributed by atoms with Crippen LogP contribution in [0.1, 0.15) is 5.56 Å². The van der Waals surface area contributed by atoms with Crippen LogP contribution in [0.15, 0.2) is 24.3 Å². The number of amides is 1. The van der Waals surface area contributed by atoms with Crippen LogP contribution in [0.2, 0.25) is 0 Å². The molecule has 19 heavy (non-hydrogen) atoms. The van der Waals surface area contributed by atoms with Gasteiger partial charge in [-0.05, 0) is 6.07 Å². The van der Waals surface area contributed by atoms with Gasteiger partial charge in [-0.25, -0.2) is 0 Å². The Morgan fingerprint density at radius 1 is 1.05 bits per heavy atom. The number of anilines is 1. The Labute approximate surface area is 111 Å². The molecule has 1 aliphatic rings. The van der Waals surface area contributed by atoms with Crippen LogP contribution >= 0.6 is 0 Å². The molecule has 104 valence electrons. The van der Waals surface area contributed by atoms with Crippen molar-refractivity contribution in [2.24, 2.45) is 0 Å². The summed E-state index contributed by atoms with van der Waals surface area (Å²) in [6.45, 7) is 0. The van der Waals surface area contributed by atoms with Crippen molar-refractivity contribution in [3.8, 4) is 0 Å². The molecule has 0 radical (unpaired) electrons. The zero-order valence-electron chi connectivity index (χ0n) is 11.4. The summed E-state index contributed by atoms with van der Waals surface area (Å²) < 4.78 is 21.0. The quantitative estimate of drug-likeness (QED) is 0.746. The third-order valence-corrected chi connectivity index (χ3v) is 3.21. The number of carbonyl (C=O) groups excluding carboxylic acids is 1. The normalized spacial score (nSPS) is 17.1. The lowest BCUT2D eigenvalue weighted by Gasteiger charge is -2.28. The van der Waals surface area contributed by atoms with Crippen LogP contribution < -0.4 is 4.90 Å². The topological polar surface area (TPSA) is 57.2 Å². The first kappa shape index (κ1) is 14.0. The van der Waals surface area contributed by atoms with Crippen molar-refractivity contribution in [3.63, 3.8) is 0 Å². The fourth-order valence-corrected chi connectivity index (χ4v) is 2.34. The molecule has 0 bridgehead atoms. The number of methoxy groups -OCH3 is 4. The molecule has 0 aliphatic carbocycles. The number of hydrogen-bond donors (Lipinski definition) is 0. The van der Waals surface area contributed by atoms with Crippen molar-refractivity contribution in [1.82, 2.24) is 0 Å². The summed E-state index contributed by atoms with van der Waals surface area (Å²) in [6, 6.07) is 7.21. The summed E-state index contributed by atoms with van der Waals surface area (Å²) in [5.74, 6) is -1.83. The van der Waals surface area contributed by atoms with Gasteiger partial charge in [0.05, 0.1) is 5.69 Å². The van der Waals surface area contributed by atoms with Gasteiger partial charge in [0.15, 0.2) is 0 Å². The largest absolute Gasteiger partial charge is 0.342 e. The zero-order valence-corrected chi connectivity index (χ0v) is 11.4. The van der Waals surface area contributed by atoms with Crippen LogP contribution in [-0.4, -0.2) is 40.8 Å². The molecule has 0 N–H and O–H groups in total. The number of fused-ring (bicyclic) bond motifs is 1. The highest BCUT2D eigenvalue weighted by Crippen LogP contribution is 2.43. The Hall–Kier alpha value is -1.47. The van der Waals surface area contributed by atoms with Gasteiger partial charge >= 0.3 is 0 Å². The van der Waals surface area contributed by atoms with Gasteiger partial charge in [0.2, 0.25) is 6.41 Å². The van der Waals surface area contributed by atoms with Gasteiger partial charge in [0.1, 0.15) is 0 Å². The third-order valence-electron chi connectivity index (χ3n) is 3.21. The van der Waals surface area contributed by atoms with E-state index >= 15 is 0 Å². The van der Waals surface area contributed by atoms with Crippen molar-refractivity contribution < 1.29 is 23.7 Å². The molecular formula is C13H17NO5. The molecule has 0 atom stereocenters. The van der Waals surface area contributed by atoms with E-state index in [-0.39, 0.29) is 5.91 Å². The van der Waals surface area contributed by atoms with Crippen LogP contribution in [0.4, 0.5) is 5.69 Å². The van der Waals surface area contributed by atoms with E-state index in [2.05, 4.69) is 0 Å². The number of hydrogen-bond acceptors (Lipinski definition) is 5. The van der Waals surface area contributed by atoms with Gasteiger partial charge in [-0.2, -0.15) is 0 Å². The first-order valence-corrected chi connectivity index (χ1v) is 5.75. The molecule has 1 heterocycles. The van der Waals surface area contributed by atoms with Crippen molar-refractivity contribution in [3.05, 3.63) is 29.8 Å². The lowest BCUT2D eigenvalue weighted by Crippen LogP contribution is -2.48. The molecule has 0 saturated heterocycles. The average Bonchev–Trinajstić information content (AvgIpc) is 2.70. The first-order chi connectivity index (χ1) is 9.16. The molecule has 0 saturated carbocycles. The van der Waals surface area contributed by atoms with Crippen LogP contribution in [0.3, 0.4) is 0 Å². The van der Waals surface area contributed by atoms with Crippen molar-refractivity contribution >= 4 is 11.6 Å². The van der Waals surface area contributed by atoms with Gasteiger partial charge in [0.25, 0.3) is 11.7 Å². The molecule has 2 rings (SSSR count). The van der Waals surface area contributed by atoms with E-state index in [4.69, 9.17) is 18.9 Å². The van der Waals surface area contributed by atoms with E-state index in [1.54, 1.807) is 12.1 Å². The lowest BCUT2D eigenvalue weighted by molar-refractivity contribution is -0.213. The summed E-state index contributed by atoms with van der Waals surface area (Å²) >= 11 is 0. The van der Waals surface area contributed by atoms with E-state index in [9.17, 15) is 4.79 Å². The highest BCUT2D eigenvalue weighted by molar-refractivity contribution is 6.06. The van der Waals surface area contributed by atoms with Crippen LogP contribution in [-0.2, 0) is 29.5 Å². The van der Waals surface area contributed by atoms with Crippen molar-refractivity contribution in [2.75, 3.05) is 33.3 Å². The summed E-state index contributed by atoms with van der Waals surface area (Å²) in [7, 11) is 5.78. The van der Waals surface area contributed by atoms with E-state index in [1.165, 1.54) is 33.3 Å². The highest BCUT2D eigenvalue weighted by atomic mass is 16.7. The van der Waals surface area contributed by atoms with Gasteiger partial charge in [-0.3, -0.25) is 9.69 Å². The number of carbonyl (C=O) groups is 1. The van der Waals surface area contributed by atoms with Crippen molar-refractivity contribution in [2.45, 2.75) is 12.2 Å². The van der Waals surface area contributed by atoms with Crippen LogP contribution in [0.5, 0.6) is 0 Å². The second kappa shape index (κ2) is 5.26. The van der Waals surface area contributed by atoms with Crippen LogP contribution in [0.25, 0.3) is 0 Å². The minimum atomic E-state index is -1.45. The summed E-state index contributed by atoms with van der Waals surface area (Å²) in [5.41, 5.74) is 1.27. The molecule has 1 aromatic carbocycles. The minimum absolute atomic E-state index is 0.382. The number of rotatable bonds is 5. The van der Waals surface area contributed by atoms with E-state index in [0.717, 1.165) is 0 Å². The van der Waals surface area contributed by atoms with Gasteiger partial charge < -0.3 is 18.9 Å². The summed E-state index contributed by atoms with van der Waals surface area (Å²) in [6.07, 6.45) is -0.833. The molecule has 0 fully saturated rings. The number of nitrogens with zero attached hydrogens (tertiary/aromatic N) is 1. The molecule has 0 aromatic heterocycles. The van der Waals surface area contributed by atoms with Gasteiger partial charge in [-0.1, -0.05) is 18.2 Å². The highest BCUT2D eigenvalue weighted by Gasteiger charge is 2.54. The Kier molecular flexibility index (Phi) is 3.86. The van der Waals surface area contributed by atoms with Crippen LogP contribution in [0, 0.1) is 0 Å². The average molecular weight is 267 g/mol. The molecular weight excluding hydrogens is 250 g/mol. The second-order valence-corrected chi connectivity index (χ2v) is 4.00. The number of ether oxygens (including phenoxy) is 4. The Morgan fingerprint density at radius 2 is 1.63 bits per heavy atom. The smallest absolute Gasteiger partial charge is 0.296 e. The molecule has 1 amide bonds. The molecule has 1 aliphatic heterocycles. The SMILES string of the molecule is COC(OC)N1C(=O)C(OC)(OC)c2ccccc21. The Bertz CT molecular complexity index is 468. The fourth-order valence-electron chi connectivity index (χ4n) is 2.34. The summed E-state index contributed by atoms with van der Waals surface area (Å²) in [4.78, 5) is 14.0. The first-order valence-electron chi connectivity index (χ1n) is 5.75. The van der Waals surface area contributed by atoms with Gasteiger partial charge in [0, 0.05) is 34.0 Å². The maximum Gasteiger partial charge on any atom is 0.296 e. The maximum absolute atomic E-state index is 12.6. The Balaban J connectivity index is 2.58. The molecule has 6 heteroatoms. The van der Waals surface area contributed by atoms with Crippen molar-refractivity contribution in [1.29, 1.82) is 0 Å². The predicted molar refractivity (Wildman–Crippen MR) is 67.4 cm³/mol. The van der Waals surface area contributed by atoms with E-state index in [0.29, 0.717) is 11.3 Å². The second-order valence-electron chi connectivity index (χ2n) is 4.00. The standard InChI is InChI=1S/C13H17NO5/c1-16-12(17-2)14-10-8-6-5-7-9(10)13(18-3,19-4)11(14)15/h5-8,12H,1-4H3. The van der Waals surface area contributed by atoms with Gasteiger partial charge in [-0.15, -0.1) is 0 Å². The minimum Gasteiger partial charge on any atom is -0.342 e. The van der Waals surface area contributed by atoms with E-state index in [1.807, 2.05) is 12.1 Å². The predicted octanol–water partition coefficient (Wildman–Crippen LogP) is 1.06. The summed E-state index contributed by atoms with van der Waals surface area (Å²) in [5, 5.41) is 0. The zero-order chi connectivity index (χ0) is 14.0. The molecule has 0 unspecified atom stereocenters. The number of para-hydroxylation sites is 1.